The first kappa shape index (κ1) is 14.3. The predicted octanol–water partition coefficient (Wildman–Crippen LogP) is 0.709. The van der Waals surface area contributed by atoms with Gasteiger partial charge in [0.25, 0.3) is 5.56 Å². The smallest absolute Gasteiger partial charge is 0.253 e. The quantitative estimate of drug-likeness (QED) is 0.867. The molecule has 114 valence electrons. The first-order chi connectivity index (χ1) is 10.2. The van der Waals surface area contributed by atoms with E-state index in [9.17, 15) is 9.59 Å². The highest BCUT2D eigenvalue weighted by atomic mass is 16.5. The first-order valence-corrected chi connectivity index (χ1v) is 7.58. The molecular weight excluding hydrogens is 270 g/mol. The zero-order valence-electron chi connectivity index (χ0n) is 12.1. The van der Waals surface area contributed by atoms with Crippen LogP contribution in [0.1, 0.15) is 32.1 Å². The molecule has 0 bridgehead atoms. The number of hydrogen-bond acceptors (Lipinski definition) is 4. The predicted molar refractivity (Wildman–Crippen MR) is 76.8 cm³/mol. The van der Waals surface area contributed by atoms with Gasteiger partial charge in [0.15, 0.2) is 0 Å². The van der Waals surface area contributed by atoms with Crippen molar-refractivity contribution < 1.29 is 9.53 Å². The van der Waals surface area contributed by atoms with Crippen LogP contribution in [-0.4, -0.2) is 34.7 Å². The largest absolute Gasteiger partial charge is 0.378 e. The number of aromatic nitrogens is 2. The van der Waals surface area contributed by atoms with Gasteiger partial charge in [-0.15, -0.1) is 0 Å². The second kappa shape index (κ2) is 5.97. The number of amides is 1. The van der Waals surface area contributed by atoms with E-state index >= 15 is 0 Å². The number of nitrogens with one attached hydrogen (secondary N) is 1. The summed E-state index contributed by atoms with van der Waals surface area (Å²) in [5.74, 6) is -0.0160. The molecule has 1 saturated heterocycles. The van der Waals surface area contributed by atoms with Crippen molar-refractivity contribution in [3.8, 4) is 0 Å². The van der Waals surface area contributed by atoms with E-state index in [-0.39, 0.29) is 16.9 Å². The topological polar surface area (TPSA) is 73.2 Å². The normalized spacial score (nSPS) is 27.5. The van der Waals surface area contributed by atoms with Crippen LogP contribution < -0.4 is 10.9 Å². The zero-order valence-corrected chi connectivity index (χ0v) is 12.1. The van der Waals surface area contributed by atoms with Gasteiger partial charge in [0.05, 0.1) is 12.4 Å². The van der Waals surface area contributed by atoms with Gasteiger partial charge < -0.3 is 10.1 Å². The Hall–Kier alpha value is -1.69. The highest BCUT2D eigenvalue weighted by Crippen LogP contribution is 2.46. The molecule has 2 aliphatic rings. The van der Waals surface area contributed by atoms with Gasteiger partial charge in [0.1, 0.15) is 0 Å². The molecule has 2 fully saturated rings. The highest BCUT2D eigenvalue weighted by molar-refractivity contribution is 5.75. The van der Waals surface area contributed by atoms with Crippen molar-refractivity contribution in [3.63, 3.8) is 0 Å². The molecule has 1 aliphatic heterocycles. The Kier molecular flexibility index (Phi) is 4.05. The fourth-order valence-electron chi connectivity index (χ4n) is 3.48. The SMILES string of the molecule is O=C(CCn1cnccc1=O)NC[C@@]12CCC[C@@H]1OCC2. The maximum Gasteiger partial charge on any atom is 0.253 e. The van der Waals surface area contributed by atoms with Crippen LogP contribution >= 0.6 is 0 Å². The maximum atomic E-state index is 12.0. The minimum atomic E-state index is -0.128. The molecule has 1 saturated carbocycles. The van der Waals surface area contributed by atoms with Crippen molar-refractivity contribution >= 4 is 5.91 Å². The third-order valence-corrected chi connectivity index (χ3v) is 4.75. The minimum absolute atomic E-state index is 0.0160. The van der Waals surface area contributed by atoms with E-state index in [1.54, 1.807) is 0 Å². The van der Waals surface area contributed by atoms with Crippen LogP contribution in [0.25, 0.3) is 0 Å². The molecule has 1 aromatic rings. The number of ether oxygens (including phenoxy) is 1. The number of hydrogen-bond donors (Lipinski definition) is 1. The summed E-state index contributed by atoms with van der Waals surface area (Å²) in [5, 5.41) is 3.02. The molecule has 1 aliphatic carbocycles. The summed E-state index contributed by atoms with van der Waals surface area (Å²) in [6, 6.07) is 1.40. The molecule has 1 N–H and O–H groups in total. The van der Waals surface area contributed by atoms with Crippen molar-refractivity contribution in [2.24, 2.45) is 5.41 Å². The standard InChI is InChI=1S/C15H21N3O3/c19-13(4-8-18-11-16-7-3-14(18)20)17-10-15-5-1-2-12(15)21-9-6-15/h3,7,11-12H,1-2,4-6,8-10H2,(H,17,19)/t12-,15-/m0/s1. The average molecular weight is 291 g/mol. The minimum Gasteiger partial charge on any atom is -0.378 e. The van der Waals surface area contributed by atoms with Crippen molar-refractivity contribution in [3.05, 3.63) is 28.9 Å². The van der Waals surface area contributed by atoms with E-state index < -0.39 is 0 Å². The van der Waals surface area contributed by atoms with Crippen LogP contribution in [0.15, 0.2) is 23.4 Å². The van der Waals surface area contributed by atoms with Crippen LogP contribution in [0.4, 0.5) is 0 Å². The molecule has 3 rings (SSSR count). The van der Waals surface area contributed by atoms with E-state index in [0.717, 1.165) is 25.9 Å². The highest BCUT2D eigenvalue weighted by Gasteiger charge is 2.47. The second-order valence-corrected chi connectivity index (χ2v) is 6.00. The Bertz CT molecular complexity index is 559. The molecule has 1 amide bonds. The molecule has 0 radical (unpaired) electrons. The van der Waals surface area contributed by atoms with Crippen molar-refractivity contribution in [1.82, 2.24) is 14.9 Å². The number of aryl methyl sites for hydroxylation is 1. The molecule has 0 aromatic carbocycles. The van der Waals surface area contributed by atoms with E-state index in [0.29, 0.717) is 25.6 Å². The Morgan fingerprint density at radius 3 is 3.29 bits per heavy atom. The molecule has 6 heteroatoms. The average Bonchev–Trinajstić information content (AvgIpc) is 3.04. The van der Waals surface area contributed by atoms with Crippen molar-refractivity contribution in [2.75, 3.05) is 13.2 Å². The fourth-order valence-corrected chi connectivity index (χ4v) is 3.48. The first-order valence-electron chi connectivity index (χ1n) is 7.58. The van der Waals surface area contributed by atoms with Crippen LogP contribution in [-0.2, 0) is 16.1 Å². The molecular formula is C15H21N3O3. The van der Waals surface area contributed by atoms with Gasteiger partial charge in [-0.1, -0.05) is 6.42 Å². The van der Waals surface area contributed by atoms with Gasteiger partial charge in [0, 0.05) is 43.8 Å². The van der Waals surface area contributed by atoms with E-state index in [4.69, 9.17) is 4.74 Å². The number of rotatable bonds is 5. The van der Waals surface area contributed by atoms with Crippen LogP contribution in [0.5, 0.6) is 0 Å². The van der Waals surface area contributed by atoms with E-state index in [2.05, 4.69) is 10.3 Å². The summed E-state index contributed by atoms with van der Waals surface area (Å²) in [6.45, 7) is 1.87. The Labute approximate surface area is 123 Å². The number of nitrogens with zero attached hydrogens (tertiary/aromatic N) is 2. The fraction of sp³-hybridized carbons (Fsp3) is 0.667. The lowest BCUT2D eigenvalue weighted by Crippen LogP contribution is -2.40. The summed E-state index contributed by atoms with van der Waals surface area (Å²) in [5.41, 5.74) is 0.0253. The third kappa shape index (κ3) is 3.00. The van der Waals surface area contributed by atoms with E-state index in [1.165, 1.54) is 29.6 Å². The van der Waals surface area contributed by atoms with Crippen LogP contribution in [0.2, 0.25) is 0 Å². The number of carbonyl (C=O) groups is 1. The van der Waals surface area contributed by atoms with Gasteiger partial charge in [-0.25, -0.2) is 4.98 Å². The van der Waals surface area contributed by atoms with Gasteiger partial charge in [-0.3, -0.25) is 14.2 Å². The molecule has 6 nitrogen and oxygen atoms in total. The van der Waals surface area contributed by atoms with Crippen LogP contribution in [0.3, 0.4) is 0 Å². The van der Waals surface area contributed by atoms with Gasteiger partial charge >= 0.3 is 0 Å². The lowest BCUT2D eigenvalue weighted by Gasteiger charge is -2.27. The number of carbonyl (C=O) groups excluding carboxylic acids is 1. The summed E-state index contributed by atoms with van der Waals surface area (Å²) < 4.78 is 7.21. The summed E-state index contributed by atoms with van der Waals surface area (Å²) in [7, 11) is 0. The lowest BCUT2D eigenvalue weighted by atomic mass is 9.83. The Morgan fingerprint density at radius 1 is 1.52 bits per heavy atom. The summed E-state index contributed by atoms with van der Waals surface area (Å²) >= 11 is 0. The summed E-state index contributed by atoms with van der Waals surface area (Å²) in [4.78, 5) is 27.4. The molecule has 0 spiro atoms. The van der Waals surface area contributed by atoms with Crippen molar-refractivity contribution in [1.29, 1.82) is 0 Å². The zero-order chi connectivity index (χ0) is 14.7. The van der Waals surface area contributed by atoms with Gasteiger partial charge in [-0.05, 0) is 19.3 Å². The third-order valence-electron chi connectivity index (χ3n) is 4.75. The van der Waals surface area contributed by atoms with Gasteiger partial charge in [0.2, 0.25) is 5.91 Å². The van der Waals surface area contributed by atoms with Crippen molar-refractivity contribution in [2.45, 2.75) is 44.8 Å². The monoisotopic (exact) mass is 291 g/mol. The Balaban J connectivity index is 1.49. The molecule has 2 heterocycles. The maximum absolute atomic E-state index is 12.0. The molecule has 2 atom stereocenters. The molecule has 1 aromatic heterocycles. The van der Waals surface area contributed by atoms with Gasteiger partial charge in [-0.2, -0.15) is 0 Å². The Morgan fingerprint density at radius 2 is 2.43 bits per heavy atom. The van der Waals surface area contributed by atoms with E-state index in [1.807, 2.05) is 0 Å². The van der Waals surface area contributed by atoms with Crippen LogP contribution in [0, 0.1) is 5.41 Å². The molecule has 0 unspecified atom stereocenters. The molecule has 21 heavy (non-hydrogen) atoms. The lowest BCUT2D eigenvalue weighted by molar-refractivity contribution is -0.122. The number of fused-ring (bicyclic) bond motifs is 1. The second-order valence-electron chi connectivity index (χ2n) is 6.00. The summed E-state index contributed by atoms with van der Waals surface area (Å²) in [6.07, 6.45) is 8.02.